The molecule has 0 bridgehead atoms. The van der Waals surface area contributed by atoms with Gasteiger partial charge in [-0.15, -0.1) is 0 Å². The van der Waals surface area contributed by atoms with E-state index < -0.39 is 0 Å². The number of nitrogens with zero attached hydrogens (tertiary/aromatic N) is 5. The van der Waals surface area contributed by atoms with Gasteiger partial charge in [-0.25, -0.2) is 9.97 Å². The zero-order chi connectivity index (χ0) is 23.5. The van der Waals surface area contributed by atoms with Crippen molar-refractivity contribution in [2.75, 3.05) is 30.8 Å². The number of hydrogen-bond donors (Lipinski definition) is 2. The van der Waals surface area contributed by atoms with E-state index in [1.807, 2.05) is 18.2 Å². The number of rotatable bonds is 8. The summed E-state index contributed by atoms with van der Waals surface area (Å²) in [4.78, 5) is 27.8. The Balaban J connectivity index is 1.25. The van der Waals surface area contributed by atoms with Crippen LogP contribution in [0.25, 0.3) is 11.3 Å². The third-order valence-electron chi connectivity index (χ3n) is 6.02. The number of nitriles is 1. The monoisotopic (exact) mass is 455 g/mol. The van der Waals surface area contributed by atoms with Gasteiger partial charge in [-0.2, -0.15) is 5.26 Å². The van der Waals surface area contributed by atoms with Crippen LogP contribution in [0.3, 0.4) is 0 Å². The highest BCUT2D eigenvalue weighted by atomic mass is 16.5. The molecule has 0 radical (unpaired) electrons. The minimum absolute atomic E-state index is 0.0264. The van der Waals surface area contributed by atoms with Crippen LogP contribution in [0, 0.1) is 17.2 Å². The van der Waals surface area contributed by atoms with Gasteiger partial charge in [0.25, 0.3) is 0 Å². The lowest BCUT2D eigenvalue weighted by molar-refractivity contribution is -0.117. The fourth-order valence-corrected chi connectivity index (χ4v) is 3.82. The first-order valence-corrected chi connectivity index (χ1v) is 11.3. The molecule has 1 saturated heterocycles. The molecule has 172 valence electrons. The molecule has 0 spiro atoms. The highest BCUT2D eigenvalue weighted by Crippen LogP contribution is 2.31. The molecule has 2 fully saturated rings. The molecule has 2 aliphatic rings. The maximum Gasteiger partial charge on any atom is 0.227 e. The summed E-state index contributed by atoms with van der Waals surface area (Å²) in [7, 11) is 1.74. The topological polar surface area (TPSA) is 116 Å². The Kier molecular flexibility index (Phi) is 6.16. The molecule has 1 aromatic carbocycles. The van der Waals surface area contributed by atoms with Crippen LogP contribution in [0.4, 0.5) is 17.3 Å². The molecule has 1 saturated carbocycles. The number of carbonyl (C=O) groups excluding carboxylic acids is 1. The van der Waals surface area contributed by atoms with E-state index in [2.05, 4.69) is 36.6 Å². The van der Waals surface area contributed by atoms with Crippen LogP contribution >= 0.6 is 0 Å². The summed E-state index contributed by atoms with van der Waals surface area (Å²) in [6.45, 7) is 2.66. The number of carbonyl (C=O) groups is 1. The molecule has 3 aromatic rings. The summed E-state index contributed by atoms with van der Waals surface area (Å²) in [6, 6.07) is 13.2. The Morgan fingerprint density at radius 2 is 2.06 bits per heavy atom. The molecular weight excluding hydrogens is 430 g/mol. The normalized spacial score (nSPS) is 15.9. The van der Waals surface area contributed by atoms with Gasteiger partial charge in [0.05, 0.1) is 40.6 Å². The number of amides is 1. The molecule has 5 rings (SSSR count). The number of anilines is 3. The van der Waals surface area contributed by atoms with Crippen molar-refractivity contribution in [2.45, 2.75) is 25.5 Å². The summed E-state index contributed by atoms with van der Waals surface area (Å²) in [5.41, 5.74) is 4.15. The zero-order valence-electron chi connectivity index (χ0n) is 18.9. The molecule has 0 atom stereocenters. The fourth-order valence-electron chi connectivity index (χ4n) is 3.82. The van der Waals surface area contributed by atoms with Crippen LogP contribution in [-0.4, -0.2) is 52.1 Å². The van der Waals surface area contributed by atoms with Gasteiger partial charge in [-0.05, 0) is 43.2 Å². The number of aromatic nitrogens is 3. The van der Waals surface area contributed by atoms with Crippen LogP contribution in [-0.2, 0) is 16.1 Å². The summed E-state index contributed by atoms with van der Waals surface area (Å²) in [5.74, 6) is 0.479. The van der Waals surface area contributed by atoms with Gasteiger partial charge >= 0.3 is 0 Å². The van der Waals surface area contributed by atoms with Crippen LogP contribution in [0.1, 0.15) is 24.1 Å². The molecule has 2 aromatic heterocycles. The summed E-state index contributed by atoms with van der Waals surface area (Å²) < 4.78 is 5.31. The molecule has 9 nitrogen and oxygen atoms in total. The van der Waals surface area contributed by atoms with Crippen LogP contribution < -0.4 is 10.6 Å². The summed E-state index contributed by atoms with van der Waals surface area (Å²) >= 11 is 0. The van der Waals surface area contributed by atoms with Gasteiger partial charge in [-0.1, -0.05) is 6.07 Å². The second-order valence-electron chi connectivity index (χ2n) is 8.62. The average Bonchev–Trinajstić information content (AvgIpc) is 3.68. The lowest BCUT2D eigenvalue weighted by Gasteiger charge is -2.37. The average molecular weight is 456 g/mol. The van der Waals surface area contributed by atoms with Gasteiger partial charge in [-0.3, -0.25) is 14.7 Å². The van der Waals surface area contributed by atoms with Gasteiger partial charge in [0.15, 0.2) is 0 Å². The maximum absolute atomic E-state index is 12.1. The van der Waals surface area contributed by atoms with Gasteiger partial charge in [0, 0.05) is 44.4 Å². The van der Waals surface area contributed by atoms with Crippen molar-refractivity contribution < 1.29 is 9.53 Å². The minimum Gasteiger partial charge on any atom is -0.379 e. The quantitative estimate of drug-likeness (QED) is 0.531. The van der Waals surface area contributed by atoms with Crippen molar-refractivity contribution in [3.63, 3.8) is 0 Å². The zero-order valence-corrected chi connectivity index (χ0v) is 18.9. The molecule has 9 heteroatoms. The molecule has 3 heterocycles. The number of pyridine rings is 1. The Morgan fingerprint density at radius 3 is 2.76 bits per heavy atom. The highest BCUT2D eigenvalue weighted by molar-refractivity contribution is 5.95. The number of hydrogen-bond acceptors (Lipinski definition) is 8. The minimum atomic E-state index is -0.0264. The Hall–Kier alpha value is -3.87. The molecule has 1 aliphatic heterocycles. The largest absolute Gasteiger partial charge is 0.379 e. The number of methoxy groups -OCH3 is 1. The molecule has 34 heavy (non-hydrogen) atoms. The van der Waals surface area contributed by atoms with Gasteiger partial charge in [0.2, 0.25) is 11.9 Å². The van der Waals surface area contributed by atoms with Gasteiger partial charge < -0.3 is 15.4 Å². The first-order valence-electron chi connectivity index (χ1n) is 11.3. The predicted molar refractivity (Wildman–Crippen MR) is 127 cm³/mol. The van der Waals surface area contributed by atoms with E-state index in [-0.39, 0.29) is 11.8 Å². The van der Waals surface area contributed by atoms with E-state index in [1.165, 1.54) is 0 Å². The highest BCUT2D eigenvalue weighted by Gasteiger charge is 2.30. The van der Waals surface area contributed by atoms with E-state index in [0.29, 0.717) is 29.0 Å². The van der Waals surface area contributed by atoms with Crippen molar-refractivity contribution >= 4 is 23.2 Å². The first kappa shape index (κ1) is 21.9. The van der Waals surface area contributed by atoms with Crippen LogP contribution in [0.2, 0.25) is 0 Å². The third kappa shape index (κ3) is 5.03. The standard InChI is InChI=1S/C25H25N7O2/c1-34-21-14-32(15-21)13-20-6-5-19(12-28-20)29-25-27-9-8-23(31-25)17-4-7-22(18(10-17)11-26)30-24(33)16-2-3-16/h4-10,12,16,21H,2-3,13-15H2,1H3,(H,30,33)(H,27,29,31). The second kappa shape index (κ2) is 9.55. The number of ether oxygens (including phenoxy) is 1. The van der Waals surface area contributed by atoms with E-state index in [9.17, 15) is 10.1 Å². The Morgan fingerprint density at radius 1 is 1.21 bits per heavy atom. The Bertz CT molecular complexity index is 1230. The van der Waals surface area contributed by atoms with Crippen molar-refractivity contribution in [2.24, 2.45) is 5.92 Å². The lowest BCUT2D eigenvalue weighted by atomic mass is 10.1. The van der Waals surface area contributed by atoms with Crippen molar-refractivity contribution in [3.05, 3.63) is 60.0 Å². The van der Waals surface area contributed by atoms with E-state index in [1.54, 1.807) is 37.7 Å². The van der Waals surface area contributed by atoms with E-state index in [4.69, 9.17) is 4.74 Å². The predicted octanol–water partition coefficient (Wildman–Crippen LogP) is 3.33. The molecular formula is C25H25N7O2. The lowest BCUT2D eigenvalue weighted by Crippen LogP contribution is -2.51. The van der Waals surface area contributed by atoms with Crippen molar-refractivity contribution in [3.8, 4) is 17.3 Å². The first-order chi connectivity index (χ1) is 16.6. The number of likely N-dealkylation sites (tertiary alicyclic amines) is 1. The third-order valence-corrected chi connectivity index (χ3v) is 6.02. The maximum atomic E-state index is 12.1. The number of benzene rings is 1. The van der Waals surface area contributed by atoms with Gasteiger partial charge in [0.1, 0.15) is 6.07 Å². The Labute approximate surface area is 197 Å². The number of nitrogens with one attached hydrogen (secondary N) is 2. The SMILES string of the molecule is COC1CN(Cc2ccc(Nc3nccc(-c4ccc(NC(=O)C5CC5)c(C#N)c4)n3)cn2)C1. The van der Waals surface area contributed by atoms with Crippen molar-refractivity contribution in [1.82, 2.24) is 19.9 Å². The van der Waals surface area contributed by atoms with Crippen LogP contribution in [0.15, 0.2) is 48.8 Å². The summed E-state index contributed by atoms with van der Waals surface area (Å²) in [6.07, 6.45) is 5.58. The van der Waals surface area contributed by atoms with Crippen molar-refractivity contribution in [1.29, 1.82) is 5.26 Å². The van der Waals surface area contributed by atoms with E-state index >= 15 is 0 Å². The smallest absolute Gasteiger partial charge is 0.227 e. The second-order valence-corrected chi connectivity index (χ2v) is 8.62. The molecule has 1 aliphatic carbocycles. The fraction of sp³-hybridized carbons (Fsp3) is 0.320. The molecule has 0 unspecified atom stereocenters. The van der Waals surface area contributed by atoms with Crippen LogP contribution in [0.5, 0.6) is 0 Å². The molecule has 1 amide bonds. The van der Waals surface area contributed by atoms with E-state index in [0.717, 1.165) is 49.4 Å². The molecule has 2 N–H and O–H groups in total. The summed E-state index contributed by atoms with van der Waals surface area (Å²) in [5, 5.41) is 15.6.